The minimum absolute atomic E-state index is 0.0110. The van der Waals surface area contributed by atoms with Gasteiger partial charge in [0.2, 0.25) is 0 Å². The van der Waals surface area contributed by atoms with E-state index < -0.39 is 23.2 Å². The number of nitrogens with zero attached hydrogens (tertiary/aromatic N) is 2. The average Bonchev–Trinajstić information content (AvgIpc) is 3.47. The van der Waals surface area contributed by atoms with Crippen LogP contribution in [0.2, 0.25) is 0 Å². The van der Waals surface area contributed by atoms with Crippen molar-refractivity contribution in [2.45, 2.75) is 56.0 Å². The van der Waals surface area contributed by atoms with Gasteiger partial charge in [0, 0.05) is 47.4 Å². The van der Waals surface area contributed by atoms with Crippen LogP contribution >= 0.6 is 0 Å². The zero-order valence-corrected chi connectivity index (χ0v) is 19.6. The number of benzene rings is 2. The van der Waals surface area contributed by atoms with Gasteiger partial charge < -0.3 is 19.5 Å². The van der Waals surface area contributed by atoms with Crippen LogP contribution in [0.3, 0.4) is 0 Å². The van der Waals surface area contributed by atoms with Gasteiger partial charge in [0.15, 0.2) is 17.2 Å². The number of hydrogen-bond donors (Lipinski definition) is 3. The lowest BCUT2D eigenvalue weighted by Gasteiger charge is -2.34. The summed E-state index contributed by atoms with van der Waals surface area (Å²) in [4.78, 5) is 11.7. The predicted molar refractivity (Wildman–Crippen MR) is 129 cm³/mol. The average molecular weight is 496 g/mol. The highest BCUT2D eigenvalue weighted by Crippen LogP contribution is 2.48. The standard InChI is InChI=1S/C27H27F2N3O4/c28-20-2-1-18(12-21(20)29)32-23-11-17-14-30-31-22(17)13-19(23)24(25(32)16-5-9-36-10-6-16)15-3-7-27(35,8-4-15)26(33)34/h1-2,11-16,35H,3-10H2,(H,30,31)(H,33,34)/t15-,27+. The Hall–Kier alpha value is -3.30. The van der Waals surface area contributed by atoms with E-state index in [0.717, 1.165) is 52.0 Å². The lowest BCUT2D eigenvalue weighted by Crippen LogP contribution is -2.41. The number of aromatic nitrogens is 3. The van der Waals surface area contributed by atoms with Crippen LogP contribution in [0.15, 0.2) is 36.5 Å². The van der Waals surface area contributed by atoms with Gasteiger partial charge in [0.25, 0.3) is 0 Å². The van der Waals surface area contributed by atoms with Gasteiger partial charge in [-0.05, 0) is 74.3 Å². The van der Waals surface area contributed by atoms with Crippen molar-refractivity contribution >= 4 is 27.8 Å². The molecule has 1 aliphatic heterocycles. The highest BCUT2D eigenvalue weighted by atomic mass is 19.2. The molecular weight excluding hydrogens is 468 g/mol. The van der Waals surface area contributed by atoms with Crippen LogP contribution in [0.25, 0.3) is 27.5 Å². The number of carboxylic acids is 1. The summed E-state index contributed by atoms with van der Waals surface area (Å²) in [6, 6.07) is 8.02. The molecule has 2 aliphatic rings. The van der Waals surface area contributed by atoms with Gasteiger partial charge in [0.05, 0.1) is 17.2 Å². The van der Waals surface area contributed by atoms with Crippen molar-refractivity contribution in [3.8, 4) is 5.69 Å². The third kappa shape index (κ3) is 3.69. The molecule has 6 rings (SSSR count). The molecule has 1 saturated carbocycles. The number of aliphatic hydroxyl groups is 1. The van der Waals surface area contributed by atoms with Crippen molar-refractivity contribution in [2.75, 3.05) is 13.2 Å². The topological polar surface area (TPSA) is 100 Å². The monoisotopic (exact) mass is 495 g/mol. The van der Waals surface area contributed by atoms with Crippen LogP contribution in [0.5, 0.6) is 0 Å². The Labute approximate surface area is 205 Å². The second kappa shape index (κ2) is 8.67. The molecule has 0 amide bonds. The number of carboxylic acid groups (broad SMARTS) is 1. The smallest absolute Gasteiger partial charge is 0.335 e. The van der Waals surface area contributed by atoms with Gasteiger partial charge in [0.1, 0.15) is 0 Å². The maximum absolute atomic E-state index is 14.5. The highest BCUT2D eigenvalue weighted by Gasteiger charge is 2.42. The molecule has 3 N–H and O–H groups in total. The first-order chi connectivity index (χ1) is 17.4. The first-order valence-corrected chi connectivity index (χ1v) is 12.4. The fraction of sp³-hybridized carbons (Fsp3) is 0.407. The number of nitrogens with one attached hydrogen (secondary N) is 1. The van der Waals surface area contributed by atoms with Gasteiger partial charge in [-0.15, -0.1) is 0 Å². The molecule has 36 heavy (non-hydrogen) atoms. The lowest BCUT2D eigenvalue weighted by molar-refractivity contribution is -0.162. The van der Waals surface area contributed by atoms with Crippen LogP contribution in [0.4, 0.5) is 8.78 Å². The zero-order valence-electron chi connectivity index (χ0n) is 19.6. The Bertz CT molecular complexity index is 1460. The second-order valence-corrected chi connectivity index (χ2v) is 10.1. The van der Waals surface area contributed by atoms with Gasteiger partial charge in [-0.25, -0.2) is 13.6 Å². The number of aromatic amines is 1. The number of halogens is 2. The van der Waals surface area contributed by atoms with E-state index in [4.69, 9.17) is 4.74 Å². The first-order valence-electron chi connectivity index (χ1n) is 12.4. The minimum Gasteiger partial charge on any atom is -0.479 e. The van der Waals surface area contributed by atoms with Gasteiger partial charge in [-0.3, -0.25) is 5.10 Å². The quantitative estimate of drug-likeness (QED) is 0.364. The molecule has 7 nitrogen and oxygen atoms in total. The highest BCUT2D eigenvalue weighted by molar-refractivity contribution is 5.99. The van der Waals surface area contributed by atoms with E-state index in [1.807, 2.05) is 16.7 Å². The number of rotatable bonds is 4. The van der Waals surface area contributed by atoms with Gasteiger partial charge >= 0.3 is 5.97 Å². The molecular formula is C27H27F2N3O4. The molecule has 0 unspecified atom stereocenters. The molecule has 2 aromatic heterocycles. The largest absolute Gasteiger partial charge is 0.479 e. The molecule has 0 radical (unpaired) electrons. The number of fused-ring (bicyclic) bond motifs is 2. The molecule has 0 atom stereocenters. The van der Waals surface area contributed by atoms with Gasteiger partial charge in [-0.2, -0.15) is 5.10 Å². The minimum atomic E-state index is -1.72. The molecule has 3 heterocycles. The summed E-state index contributed by atoms with van der Waals surface area (Å²) < 4.78 is 36.0. The molecule has 188 valence electrons. The first kappa shape index (κ1) is 23.1. The summed E-state index contributed by atoms with van der Waals surface area (Å²) in [5.74, 6) is -2.86. The van der Waals surface area contributed by atoms with Crippen molar-refractivity contribution in [2.24, 2.45) is 0 Å². The van der Waals surface area contributed by atoms with Crippen molar-refractivity contribution in [1.82, 2.24) is 14.8 Å². The SMILES string of the molecule is O=C(O)[C@]1(O)CC[C@@H](c2c(C3CCOCC3)n(-c3ccc(F)c(F)c3)c3cc4cn[nH]c4cc32)CC1. The van der Waals surface area contributed by atoms with Crippen LogP contribution in [0, 0.1) is 11.6 Å². The Morgan fingerprint density at radius 3 is 2.50 bits per heavy atom. The number of carbonyl (C=O) groups is 1. The summed E-state index contributed by atoms with van der Waals surface area (Å²) >= 11 is 0. The predicted octanol–water partition coefficient (Wildman–Crippen LogP) is 5.15. The number of H-pyrrole nitrogens is 1. The fourth-order valence-corrected chi connectivity index (χ4v) is 6.07. The summed E-state index contributed by atoms with van der Waals surface area (Å²) in [5.41, 5.74) is 2.67. The van der Waals surface area contributed by atoms with E-state index >= 15 is 0 Å². The number of ether oxygens (including phenoxy) is 1. The third-order valence-corrected chi connectivity index (χ3v) is 7.99. The molecule has 1 saturated heterocycles. The van der Waals surface area contributed by atoms with E-state index in [9.17, 15) is 23.8 Å². The van der Waals surface area contributed by atoms with E-state index in [2.05, 4.69) is 10.2 Å². The van der Waals surface area contributed by atoms with Crippen LogP contribution in [0.1, 0.15) is 61.6 Å². The van der Waals surface area contributed by atoms with Crippen LogP contribution in [-0.4, -0.2) is 49.8 Å². The maximum atomic E-state index is 14.5. The van der Waals surface area contributed by atoms with E-state index in [-0.39, 0.29) is 24.7 Å². The normalized spacial score (nSPS) is 23.5. The second-order valence-electron chi connectivity index (χ2n) is 10.1. The Morgan fingerprint density at radius 1 is 1.06 bits per heavy atom. The number of hydrogen-bond acceptors (Lipinski definition) is 4. The van der Waals surface area contributed by atoms with Crippen molar-refractivity contribution in [3.05, 3.63) is 59.4 Å². The molecule has 2 aromatic carbocycles. The maximum Gasteiger partial charge on any atom is 0.335 e. The summed E-state index contributed by atoms with van der Waals surface area (Å²) in [6.45, 7) is 1.22. The molecule has 9 heteroatoms. The van der Waals surface area contributed by atoms with E-state index in [1.54, 1.807) is 12.3 Å². The molecule has 0 spiro atoms. The van der Waals surface area contributed by atoms with E-state index in [0.29, 0.717) is 31.7 Å². The van der Waals surface area contributed by atoms with Crippen LogP contribution < -0.4 is 0 Å². The van der Waals surface area contributed by atoms with Crippen LogP contribution in [-0.2, 0) is 9.53 Å². The molecule has 1 aliphatic carbocycles. The third-order valence-electron chi connectivity index (χ3n) is 7.99. The fourth-order valence-electron chi connectivity index (χ4n) is 6.07. The Morgan fingerprint density at radius 2 is 1.81 bits per heavy atom. The Kier molecular flexibility index (Phi) is 5.57. The summed E-state index contributed by atoms with van der Waals surface area (Å²) in [5, 5.41) is 29.2. The Balaban J connectivity index is 1.61. The van der Waals surface area contributed by atoms with Crippen molar-refractivity contribution in [3.63, 3.8) is 0 Å². The van der Waals surface area contributed by atoms with Crippen molar-refractivity contribution in [1.29, 1.82) is 0 Å². The molecule has 2 fully saturated rings. The van der Waals surface area contributed by atoms with Gasteiger partial charge in [-0.1, -0.05) is 0 Å². The molecule has 4 aromatic rings. The summed E-state index contributed by atoms with van der Waals surface area (Å²) in [7, 11) is 0. The van der Waals surface area contributed by atoms with Crippen molar-refractivity contribution < 1.29 is 28.5 Å². The number of aliphatic carboxylic acids is 1. The van der Waals surface area contributed by atoms with E-state index in [1.165, 1.54) is 6.07 Å². The zero-order chi connectivity index (χ0) is 25.0. The molecule has 0 bridgehead atoms. The lowest BCUT2D eigenvalue weighted by atomic mass is 9.74. The summed E-state index contributed by atoms with van der Waals surface area (Å²) in [6.07, 6.45) is 4.65.